The number of halogens is 2. The highest BCUT2D eigenvalue weighted by Crippen LogP contribution is 2.31. The van der Waals surface area contributed by atoms with Gasteiger partial charge >= 0.3 is 0 Å². The van der Waals surface area contributed by atoms with Crippen LogP contribution in [-0.4, -0.2) is 18.7 Å². The zero-order valence-corrected chi connectivity index (χ0v) is 16.9. The van der Waals surface area contributed by atoms with Crippen LogP contribution >= 0.6 is 23.2 Å². The second-order valence-electron chi connectivity index (χ2n) is 5.95. The molecule has 1 N–H and O–H groups in total. The summed E-state index contributed by atoms with van der Waals surface area (Å²) >= 11 is 11.9. The number of ether oxygens (including phenoxy) is 2. The minimum Gasteiger partial charge on any atom is -0.488 e. The second kappa shape index (κ2) is 10.5. The highest BCUT2D eigenvalue weighted by Gasteiger charge is 2.08. The SMILES string of the molecule is O=C(COc1cccc(Cl)c1Cl)N/N=C\c1ccccc1OCc1ccccc1. The molecule has 3 aromatic carbocycles. The molecule has 0 heterocycles. The smallest absolute Gasteiger partial charge is 0.277 e. The summed E-state index contributed by atoms with van der Waals surface area (Å²) in [7, 11) is 0. The lowest BCUT2D eigenvalue weighted by atomic mass is 10.2. The Bertz CT molecular complexity index is 994. The molecule has 0 radical (unpaired) electrons. The molecular formula is C22H18Cl2N2O3. The number of carbonyl (C=O) groups excluding carboxylic acids is 1. The van der Waals surface area contributed by atoms with Crippen molar-refractivity contribution in [3.8, 4) is 11.5 Å². The molecule has 0 bridgehead atoms. The van der Waals surface area contributed by atoms with Gasteiger partial charge in [0.25, 0.3) is 5.91 Å². The standard InChI is InChI=1S/C22H18Cl2N2O3/c23-18-10-6-12-20(22(18)24)29-15-21(27)26-25-13-17-9-4-5-11-19(17)28-14-16-7-2-1-3-8-16/h1-13H,14-15H2,(H,26,27)/b25-13-. The lowest BCUT2D eigenvalue weighted by molar-refractivity contribution is -0.123. The largest absolute Gasteiger partial charge is 0.488 e. The zero-order chi connectivity index (χ0) is 20.5. The van der Waals surface area contributed by atoms with E-state index in [1.54, 1.807) is 18.2 Å². The van der Waals surface area contributed by atoms with E-state index in [0.29, 0.717) is 23.1 Å². The molecule has 0 saturated heterocycles. The van der Waals surface area contributed by atoms with Gasteiger partial charge in [0.05, 0.1) is 11.2 Å². The van der Waals surface area contributed by atoms with Crippen molar-refractivity contribution in [2.75, 3.05) is 6.61 Å². The molecule has 0 atom stereocenters. The van der Waals surface area contributed by atoms with Crippen LogP contribution in [0.25, 0.3) is 0 Å². The average molecular weight is 429 g/mol. The maximum absolute atomic E-state index is 11.9. The van der Waals surface area contributed by atoms with E-state index in [-0.39, 0.29) is 11.6 Å². The molecule has 0 fully saturated rings. The van der Waals surface area contributed by atoms with Gasteiger partial charge in [-0.15, -0.1) is 0 Å². The molecule has 0 unspecified atom stereocenters. The first-order valence-corrected chi connectivity index (χ1v) is 9.53. The zero-order valence-electron chi connectivity index (χ0n) is 15.3. The molecule has 3 rings (SSSR count). The monoisotopic (exact) mass is 428 g/mol. The van der Waals surface area contributed by atoms with E-state index in [9.17, 15) is 4.79 Å². The number of carbonyl (C=O) groups is 1. The topological polar surface area (TPSA) is 59.9 Å². The van der Waals surface area contributed by atoms with Gasteiger partial charge in [-0.3, -0.25) is 4.79 Å². The number of rotatable bonds is 8. The van der Waals surface area contributed by atoms with E-state index < -0.39 is 5.91 Å². The fraction of sp³-hybridized carbons (Fsp3) is 0.0909. The maximum Gasteiger partial charge on any atom is 0.277 e. The van der Waals surface area contributed by atoms with Crippen LogP contribution < -0.4 is 14.9 Å². The van der Waals surface area contributed by atoms with Crippen molar-refractivity contribution in [3.05, 3.63) is 94.0 Å². The van der Waals surface area contributed by atoms with Crippen molar-refractivity contribution < 1.29 is 14.3 Å². The Morgan fingerprint density at radius 3 is 2.45 bits per heavy atom. The molecule has 0 aliphatic carbocycles. The second-order valence-corrected chi connectivity index (χ2v) is 6.73. The van der Waals surface area contributed by atoms with E-state index in [1.165, 1.54) is 6.21 Å². The minimum atomic E-state index is -0.431. The predicted molar refractivity (Wildman–Crippen MR) is 115 cm³/mol. The Kier molecular flexibility index (Phi) is 7.50. The Balaban J connectivity index is 1.53. The van der Waals surface area contributed by atoms with Gasteiger partial charge in [-0.05, 0) is 29.8 Å². The van der Waals surface area contributed by atoms with Gasteiger partial charge in [0.2, 0.25) is 0 Å². The van der Waals surface area contributed by atoms with Gasteiger partial charge in [-0.1, -0.05) is 71.7 Å². The number of hydrazone groups is 1. The van der Waals surface area contributed by atoms with Gasteiger partial charge in [0.15, 0.2) is 6.61 Å². The lowest BCUT2D eigenvalue weighted by Crippen LogP contribution is -2.24. The van der Waals surface area contributed by atoms with Crippen molar-refractivity contribution in [2.45, 2.75) is 6.61 Å². The predicted octanol–water partition coefficient (Wildman–Crippen LogP) is 5.10. The van der Waals surface area contributed by atoms with Gasteiger partial charge in [0.1, 0.15) is 23.1 Å². The van der Waals surface area contributed by atoms with E-state index >= 15 is 0 Å². The van der Waals surface area contributed by atoms with Crippen LogP contribution in [0.4, 0.5) is 0 Å². The number of amides is 1. The first kappa shape index (κ1) is 20.7. The molecule has 7 heteroatoms. The van der Waals surface area contributed by atoms with Gasteiger partial charge in [-0.25, -0.2) is 5.43 Å². The normalized spacial score (nSPS) is 10.7. The Morgan fingerprint density at radius 1 is 0.897 bits per heavy atom. The molecule has 0 aliphatic heterocycles. The molecule has 29 heavy (non-hydrogen) atoms. The van der Waals surface area contributed by atoms with Crippen molar-refractivity contribution >= 4 is 35.3 Å². The van der Waals surface area contributed by atoms with Gasteiger partial charge in [-0.2, -0.15) is 5.10 Å². The molecular weight excluding hydrogens is 411 g/mol. The third-order valence-electron chi connectivity index (χ3n) is 3.82. The number of nitrogens with zero attached hydrogens (tertiary/aromatic N) is 1. The fourth-order valence-corrected chi connectivity index (χ4v) is 2.75. The highest BCUT2D eigenvalue weighted by atomic mass is 35.5. The number of benzene rings is 3. The molecule has 3 aromatic rings. The van der Waals surface area contributed by atoms with Crippen LogP contribution in [0.2, 0.25) is 10.0 Å². The first-order valence-electron chi connectivity index (χ1n) is 8.78. The summed E-state index contributed by atoms with van der Waals surface area (Å²) in [6.45, 7) is 0.190. The van der Waals surface area contributed by atoms with Crippen molar-refractivity contribution in [2.24, 2.45) is 5.10 Å². The molecule has 1 amide bonds. The summed E-state index contributed by atoms with van der Waals surface area (Å²) in [5, 5.41) is 4.58. The summed E-state index contributed by atoms with van der Waals surface area (Å²) < 4.78 is 11.2. The summed E-state index contributed by atoms with van der Waals surface area (Å²) in [6, 6.07) is 22.2. The number of nitrogens with one attached hydrogen (secondary N) is 1. The molecule has 5 nitrogen and oxygen atoms in total. The molecule has 0 aliphatic rings. The number of para-hydroxylation sites is 1. The molecule has 0 aromatic heterocycles. The number of hydrogen-bond donors (Lipinski definition) is 1. The fourth-order valence-electron chi connectivity index (χ4n) is 2.40. The lowest BCUT2D eigenvalue weighted by Gasteiger charge is -2.09. The summed E-state index contributed by atoms with van der Waals surface area (Å²) in [5.41, 5.74) is 4.21. The molecule has 148 valence electrons. The Hall–Kier alpha value is -3.02. The average Bonchev–Trinajstić information content (AvgIpc) is 2.75. The van der Waals surface area contributed by atoms with Crippen molar-refractivity contribution in [3.63, 3.8) is 0 Å². The van der Waals surface area contributed by atoms with Gasteiger partial charge in [0, 0.05) is 5.56 Å². The van der Waals surface area contributed by atoms with Crippen LogP contribution in [0.15, 0.2) is 77.9 Å². The van der Waals surface area contributed by atoms with E-state index in [2.05, 4.69) is 10.5 Å². The summed E-state index contributed by atoms with van der Waals surface area (Å²) in [5.74, 6) is 0.564. The van der Waals surface area contributed by atoms with Gasteiger partial charge < -0.3 is 9.47 Å². The third-order valence-corrected chi connectivity index (χ3v) is 4.63. The molecule has 0 saturated carbocycles. The summed E-state index contributed by atoms with van der Waals surface area (Å²) in [6.07, 6.45) is 1.52. The van der Waals surface area contributed by atoms with Crippen LogP contribution in [0.3, 0.4) is 0 Å². The minimum absolute atomic E-state index is 0.246. The maximum atomic E-state index is 11.9. The van der Waals surface area contributed by atoms with Crippen LogP contribution in [0.1, 0.15) is 11.1 Å². The van der Waals surface area contributed by atoms with Crippen LogP contribution in [0, 0.1) is 0 Å². The third kappa shape index (κ3) is 6.24. The van der Waals surface area contributed by atoms with Crippen LogP contribution in [0.5, 0.6) is 11.5 Å². The quantitative estimate of drug-likeness (QED) is 0.400. The highest BCUT2D eigenvalue weighted by molar-refractivity contribution is 6.42. The van der Waals surface area contributed by atoms with Crippen molar-refractivity contribution in [1.82, 2.24) is 5.43 Å². The Morgan fingerprint density at radius 2 is 1.62 bits per heavy atom. The van der Waals surface area contributed by atoms with E-state index in [1.807, 2.05) is 54.6 Å². The Labute approximate surface area is 178 Å². The number of hydrogen-bond acceptors (Lipinski definition) is 4. The van der Waals surface area contributed by atoms with E-state index in [4.69, 9.17) is 32.7 Å². The van der Waals surface area contributed by atoms with Crippen molar-refractivity contribution in [1.29, 1.82) is 0 Å². The molecule has 0 spiro atoms. The van der Waals surface area contributed by atoms with Crippen LogP contribution in [-0.2, 0) is 11.4 Å². The van der Waals surface area contributed by atoms with E-state index in [0.717, 1.165) is 11.1 Å². The first-order chi connectivity index (χ1) is 14.1. The summed E-state index contributed by atoms with van der Waals surface area (Å²) in [4.78, 5) is 11.9.